The highest BCUT2D eigenvalue weighted by Gasteiger charge is 2.58. The van der Waals surface area contributed by atoms with Gasteiger partial charge in [0.05, 0.1) is 17.7 Å². The van der Waals surface area contributed by atoms with Crippen LogP contribution in [0.5, 0.6) is 5.75 Å². The third kappa shape index (κ3) is 3.76. The molecule has 1 aromatic heterocycles. The standard InChI is InChI=1S/C28H35N5OS2/c1-27-15-13-22-24(36-26(31-22)30-16-4-6-17(34-3)7-5-16)21(27)9-8-18-19-10-11-23(32-33-25(29)35)28(19,2)14-12-20(18)27/h4-7,9,18-20H,8,10-15H2,1-3H3,(H,30,31)(H3,29,33,35)/b32-23+/t18-,19-,20-,27+,28-/m0/s1. The molecule has 2 aromatic rings. The summed E-state index contributed by atoms with van der Waals surface area (Å²) in [5.41, 5.74) is 14.0. The largest absolute Gasteiger partial charge is 0.497 e. The zero-order valence-corrected chi connectivity index (χ0v) is 22.9. The summed E-state index contributed by atoms with van der Waals surface area (Å²) in [6.45, 7) is 4.97. The Kier molecular flexibility index (Phi) is 5.87. The number of hydrazone groups is 1. The Hall–Kier alpha value is -2.45. The van der Waals surface area contributed by atoms with Gasteiger partial charge in [0.2, 0.25) is 0 Å². The molecule has 4 N–H and O–H groups in total. The van der Waals surface area contributed by atoms with Gasteiger partial charge in [0.1, 0.15) is 5.75 Å². The van der Waals surface area contributed by atoms with Gasteiger partial charge in [-0.2, -0.15) is 5.10 Å². The third-order valence-electron chi connectivity index (χ3n) is 9.67. The van der Waals surface area contributed by atoms with Crippen molar-refractivity contribution in [3.63, 3.8) is 0 Å². The van der Waals surface area contributed by atoms with Crippen molar-refractivity contribution in [2.24, 2.45) is 39.4 Å². The fourth-order valence-electron chi connectivity index (χ4n) is 7.82. The number of ether oxygens (including phenoxy) is 1. The number of thiazole rings is 1. The van der Waals surface area contributed by atoms with Crippen LogP contribution in [0.4, 0.5) is 10.8 Å². The number of rotatable bonds is 4. The fourth-order valence-corrected chi connectivity index (χ4v) is 9.08. The number of benzene rings is 1. The first-order chi connectivity index (χ1) is 17.3. The molecule has 190 valence electrons. The van der Waals surface area contributed by atoms with Crippen molar-refractivity contribution in [2.45, 2.75) is 58.8 Å². The molecule has 4 aliphatic rings. The number of methoxy groups -OCH3 is 1. The molecule has 6 nitrogen and oxygen atoms in total. The Morgan fingerprint density at radius 3 is 2.67 bits per heavy atom. The molecule has 2 saturated carbocycles. The van der Waals surface area contributed by atoms with E-state index in [4.69, 9.17) is 27.7 Å². The summed E-state index contributed by atoms with van der Waals surface area (Å²) in [6.07, 6.45) is 10.7. The van der Waals surface area contributed by atoms with Gasteiger partial charge in [-0.25, -0.2) is 4.98 Å². The van der Waals surface area contributed by atoms with Gasteiger partial charge in [0.15, 0.2) is 10.2 Å². The van der Waals surface area contributed by atoms with E-state index in [1.807, 2.05) is 35.6 Å². The minimum absolute atomic E-state index is 0.153. The molecule has 5 atom stereocenters. The lowest BCUT2D eigenvalue weighted by Gasteiger charge is -2.56. The summed E-state index contributed by atoms with van der Waals surface area (Å²) in [4.78, 5) is 6.42. The molecule has 36 heavy (non-hydrogen) atoms. The van der Waals surface area contributed by atoms with E-state index < -0.39 is 0 Å². The Morgan fingerprint density at radius 1 is 1.14 bits per heavy atom. The first kappa shape index (κ1) is 23.9. The maximum atomic E-state index is 5.67. The van der Waals surface area contributed by atoms with E-state index >= 15 is 0 Å². The molecule has 0 spiro atoms. The number of hydrogen-bond donors (Lipinski definition) is 3. The van der Waals surface area contributed by atoms with Gasteiger partial charge >= 0.3 is 0 Å². The van der Waals surface area contributed by atoms with Crippen molar-refractivity contribution >= 4 is 50.8 Å². The predicted octanol–water partition coefficient (Wildman–Crippen LogP) is 6.27. The van der Waals surface area contributed by atoms with Crippen LogP contribution in [-0.4, -0.2) is 22.9 Å². The molecule has 0 radical (unpaired) electrons. The van der Waals surface area contributed by atoms with E-state index in [9.17, 15) is 0 Å². The fraction of sp³-hybridized carbons (Fsp3) is 0.536. The molecule has 8 heteroatoms. The summed E-state index contributed by atoms with van der Waals surface area (Å²) in [6, 6.07) is 8.05. The number of anilines is 2. The molecule has 0 saturated heterocycles. The van der Waals surface area contributed by atoms with E-state index in [1.54, 1.807) is 12.7 Å². The third-order valence-corrected chi connectivity index (χ3v) is 10.8. The van der Waals surface area contributed by atoms with Gasteiger partial charge in [-0.3, -0.25) is 5.43 Å². The number of aromatic nitrogens is 1. The van der Waals surface area contributed by atoms with E-state index in [0.717, 1.165) is 35.8 Å². The molecule has 0 unspecified atom stereocenters. The minimum atomic E-state index is 0.153. The molecule has 2 fully saturated rings. The normalized spacial score (nSPS) is 33.6. The summed E-state index contributed by atoms with van der Waals surface area (Å²) in [5, 5.41) is 9.42. The van der Waals surface area contributed by atoms with Crippen LogP contribution in [0.3, 0.4) is 0 Å². The van der Waals surface area contributed by atoms with Crippen LogP contribution >= 0.6 is 23.6 Å². The summed E-state index contributed by atoms with van der Waals surface area (Å²) >= 11 is 6.82. The highest BCUT2D eigenvalue weighted by molar-refractivity contribution is 7.80. The Labute approximate surface area is 222 Å². The molecule has 0 bridgehead atoms. The number of allylic oxidation sites excluding steroid dienone is 2. The quantitative estimate of drug-likeness (QED) is 0.325. The van der Waals surface area contributed by atoms with Crippen molar-refractivity contribution in [1.82, 2.24) is 10.4 Å². The van der Waals surface area contributed by atoms with Gasteiger partial charge in [-0.15, -0.1) is 0 Å². The molecule has 0 amide bonds. The number of nitrogens with zero attached hydrogens (tertiary/aromatic N) is 2. The number of nitrogens with two attached hydrogens (primary N) is 1. The summed E-state index contributed by atoms with van der Waals surface area (Å²) in [5.74, 6) is 2.96. The topological polar surface area (TPSA) is 84.6 Å². The van der Waals surface area contributed by atoms with Gasteiger partial charge in [-0.05, 0) is 110 Å². The highest BCUT2D eigenvalue weighted by Crippen LogP contribution is 2.65. The maximum absolute atomic E-state index is 5.67. The number of fused-ring (bicyclic) bond motifs is 7. The minimum Gasteiger partial charge on any atom is -0.497 e. The van der Waals surface area contributed by atoms with Crippen LogP contribution in [0.25, 0.3) is 5.57 Å². The van der Waals surface area contributed by atoms with E-state index in [2.05, 4.69) is 35.8 Å². The molecular formula is C28H35N5OS2. The number of aryl methyl sites for hydroxylation is 1. The van der Waals surface area contributed by atoms with E-state index in [1.165, 1.54) is 42.0 Å². The Bertz CT molecular complexity index is 1250. The summed E-state index contributed by atoms with van der Waals surface area (Å²) < 4.78 is 5.29. The average molecular weight is 522 g/mol. The molecular weight excluding hydrogens is 486 g/mol. The number of hydrogen-bond acceptors (Lipinski definition) is 6. The van der Waals surface area contributed by atoms with Gasteiger partial charge in [0, 0.05) is 16.8 Å². The maximum Gasteiger partial charge on any atom is 0.187 e. The second-order valence-electron chi connectivity index (χ2n) is 11.3. The second kappa shape index (κ2) is 8.84. The summed E-state index contributed by atoms with van der Waals surface area (Å²) in [7, 11) is 1.69. The lowest BCUT2D eigenvalue weighted by atomic mass is 9.48. The van der Waals surface area contributed by atoms with E-state index in [-0.39, 0.29) is 15.9 Å². The van der Waals surface area contributed by atoms with Crippen LogP contribution in [0.1, 0.15) is 62.9 Å². The van der Waals surface area contributed by atoms with Crippen LogP contribution < -0.4 is 21.2 Å². The SMILES string of the molecule is COc1ccc(Nc2nc3c(s2)C2=CC[C@@H]4[C@H](CC[C@]5(C)/C(=N/NC(N)=S)CC[C@@H]45)[C@@]2(C)CC3)cc1. The monoisotopic (exact) mass is 521 g/mol. The van der Waals surface area contributed by atoms with Gasteiger partial charge in [0.25, 0.3) is 0 Å². The van der Waals surface area contributed by atoms with Crippen molar-refractivity contribution in [1.29, 1.82) is 0 Å². The smallest absolute Gasteiger partial charge is 0.187 e. The van der Waals surface area contributed by atoms with E-state index in [0.29, 0.717) is 17.8 Å². The first-order valence-corrected chi connectivity index (χ1v) is 14.3. The molecule has 0 aliphatic heterocycles. The first-order valence-electron chi connectivity index (χ1n) is 13.1. The number of thiocarbonyl (C=S) groups is 1. The lowest BCUT2D eigenvalue weighted by molar-refractivity contribution is 0.0116. The van der Waals surface area contributed by atoms with Crippen molar-refractivity contribution < 1.29 is 4.74 Å². The van der Waals surface area contributed by atoms with Crippen molar-refractivity contribution in [2.75, 3.05) is 12.4 Å². The Morgan fingerprint density at radius 2 is 1.92 bits per heavy atom. The van der Waals surface area contributed by atoms with Crippen LogP contribution in [0.15, 0.2) is 35.4 Å². The van der Waals surface area contributed by atoms with Crippen LogP contribution in [0, 0.1) is 28.6 Å². The number of nitrogens with one attached hydrogen (secondary N) is 2. The van der Waals surface area contributed by atoms with Gasteiger partial charge < -0.3 is 15.8 Å². The molecule has 1 heterocycles. The van der Waals surface area contributed by atoms with Crippen LogP contribution in [-0.2, 0) is 6.42 Å². The van der Waals surface area contributed by atoms with Crippen LogP contribution in [0.2, 0.25) is 0 Å². The van der Waals surface area contributed by atoms with Crippen molar-refractivity contribution in [3.8, 4) is 5.75 Å². The molecule has 1 aromatic carbocycles. The predicted molar refractivity (Wildman–Crippen MR) is 152 cm³/mol. The van der Waals surface area contributed by atoms with Crippen molar-refractivity contribution in [3.05, 3.63) is 40.9 Å². The Balaban J connectivity index is 1.27. The molecule has 6 rings (SSSR count). The lowest BCUT2D eigenvalue weighted by Crippen LogP contribution is -2.49. The molecule has 4 aliphatic carbocycles. The zero-order valence-electron chi connectivity index (χ0n) is 21.3. The highest BCUT2D eigenvalue weighted by atomic mass is 32.1. The average Bonchev–Trinajstić information content (AvgIpc) is 3.42. The zero-order chi connectivity index (χ0) is 25.1. The van der Waals surface area contributed by atoms with Gasteiger partial charge in [-0.1, -0.05) is 31.3 Å². The second-order valence-corrected chi connectivity index (χ2v) is 12.8.